The van der Waals surface area contributed by atoms with E-state index in [-0.39, 0.29) is 29.3 Å². The molecule has 0 unspecified atom stereocenters. The highest BCUT2D eigenvalue weighted by Crippen LogP contribution is 2.28. The van der Waals surface area contributed by atoms with E-state index >= 15 is 0 Å². The fourth-order valence-electron chi connectivity index (χ4n) is 4.46. The molecule has 0 aliphatic heterocycles. The number of carbonyl (C=O) groups excluding carboxylic acids is 2. The van der Waals surface area contributed by atoms with Crippen molar-refractivity contribution in [2.75, 3.05) is 0 Å². The molecule has 2 amide bonds. The third kappa shape index (κ3) is 7.13. The summed E-state index contributed by atoms with van der Waals surface area (Å²) in [7, 11) is 0. The fraction of sp³-hybridized carbons (Fsp3) is 0.483. The molecule has 0 bridgehead atoms. The lowest BCUT2D eigenvalue weighted by atomic mass is 9.96. The van der Waals surface area contributed by atoms with Crippen molar-refractivity contribution < 1.29 is 23.9 Å². The summed E-state index contributed by atoms with van der Waals surface area (Å²) in [5, 5.41) is 20.0. The highest BCUT2D eigenvalue weighted by molar-refractivity contribution is 5.96. The average molecular weight is 538 g/mol. The first-order valence-electron chi connectivity index (χ1n) is 13.3. The van der Waals surface area contributed by atoms with Crippen LogP contribution in [0.25, 0.3) is 22.7 Å². The number of carbonyl (C=O) groups is 3. The normalized spacial score (nSPS) is 12.5. The first-order chi connectivity index (χ1) is 18.3. The topological polar surface area (TPSA) is 141 Å². The van der Waals surface area contributed by atoms with Crippen LogP contribution in [0.15, 0.2) is 40.9 Å². The quantitative estimate of drug-likeness (QED) is 0.298. The highest BCUT2D eigenvalue weighted by Gasteiger charge is 2.39. The maximum atomic E-state index is 13.6. The van der Waals surface area contributed by atoms with E-state index in [2.05, 4.69) is 20.5 Å². The summed E-state index contributed by atoms with van der Waals surface area (Å²) in [5.74, 6) is -1.31. The van der Waals surface area contributed by atoms with Gasteiger partial charge < -0.3 is 19.7 Å². The first-order valence-corrected chi connectivity index (χ1v) is 13.3. The third-order valence-corrected chi connectivity index (χ3v) is 6.50. The Kier molecular flexibility index (Phi) is 9.32. The van der Waals surface area contributed by atoms with E-state index < -0.39 is 23.5 Å². The Bertz CT molecular complexity index is 1300. The van der Waals surface area contributed by atoms with Crippen LogP contribution in [-0.2, 0) is 4.79 Å². The van der Waals surface area contributed by atoms with Gasteiger partial charge in [0.15, 0.2) is 5.69 Å². The van der Waals surface area contributed by atoms with Crippen molar-refractivity contribution in [1.29, 1.82) is 0 Å². The zero-order valence-electron chi connectivity index (χ0n) is 23.7. The van der Waals surface area contributed by atoms with Crippen molar-refractivity contribution in [2.24, 2.45) is 5.92 Å². The Labute approximate surface area is 229 Å². The monoisotopic (exact) mass is 537 g/mol. The number of nitrogens with zero attached hydrogens (tertiary/aromatic N) is 3. The molecule has 3 aromatic rings. The first kappa shape index (κ1) is 29.6. The number of oxazole rings is 1. The van der Waals surface area contributed by atoms with Crippen molar-refractivity contribution in [2.45, 2.75) is 85.4 Å². The molecule has 1 aromatic carbocycles. The van der Waals surface area contributed by atoms with Crippen molar-refractivity contribution in [3.05, 3.63) is 48.0 Å². The van der Waals surface area contributed by atoms with E-state index in [1.54, 1.807) is 6.07 Å². The standard InChI is InChI=1S/C29H39N5O5/c1-8-20(9-2)31-25(35)24-16-30-26(39-24)19-12-10-11-18(14-19)21-15-22(33-32-21)27(36)34(29(5,6)7)23(28(37)38)13-17(3)4/h10-12,14-17,20,23H,8-9,13H2,1-7H3,(H,31,35)(H,32,33)(H,37,38)/t23-/m0/s1. The number of rotatable bonds is 11. The summed E-state index contributed by atoms with van der Waals surface area (Å²) >= 11 is 0. The molecule has 2 heterocycles. The van der Waals surface area contributed by atoms with E-state index in [1.165, 1.54) is 11.1 Å². The Hall–Kier alpha value is -3.95. The number of amides is 2. The van der Waals surface area contributed by atoms with Crippen LogP contribution in [0.5, 0.6) is 0 Å². The highest BCUT2D eigenvalue weighted by atomic mass is 16.4. The zero-order valence-corrected chi connectivity index (χ0v) is 23.7. The Morgan fingerprint density at radius 1 is 1.10 bits per heavy atom. The number of benzene rings is 1. The SMILES string of the molecule is CCC(CC)NC(=O)c1cnc(-c2cccc(-c3cc(C(=O)N([C@@H](CC(C)C)C(=O)O)C(C)(C)C)n[nH]3)c2)o1. The van der Waals surface area contributed by atoms with Crippen molar-refractivity contribution >= 4 is 17.8 Å². The molecule has 39 heavy (non-hydrogen) atoms. The van der Waals surface area contributed by atoms with Gasteiger partial charge in [0.2, 0.25) is 11.7 Å². The van der Waals surface area contributed by atoms with Crippen molar-refractivity contribution in [3.8, 4) is 22.7 Å². The van der Waals surface area contributed by atoms with Gasteiger partial charge in [0.1, 0.15) is 6.04 Å². The smallest absolute Gasteiger partial charge is 0.326 e. The second kappa shape index (κ2) is 12.3. The maximum Gasteiger partial charge on any atom is 0.326 e. The number of hydrogen-bond donors (Lipinski definition) is 3. The van der Waals surface area contributed by atoms with Gasteiger partial charge in [-0.25, -0.2) is 9.78 Å². The molecule has 0 saturated heterocycles. The van der Waals surface area contributed by atoms with Crippen LogP contribution in [-0.4, -0.2) is 60.6 Å². The molecule has 10 heteroatoms. The second-order valence-corrected chi connectivity index (χ2v) is 11.1. The van der Waals surface area contributed by atoms with Gasteiger partial charge in [-0.05, 0) is 64.2 Å². The van der Waals surface area contributed by atoms with E-state index in [0.717, 1.165) is 18.4 Å². The van der Waals surface area contributed by atoms with Gasteiger partial charge in [-0.3, -0.25) is 14.7 Å². The van der Waals surface area contributed by atoms with Gasteiger partial charge >= 0.3 is 5.97 Å². The number of H-pyrrole nitrogens is 1. The van der Waals surface area contributed by atoms with Crippen molar-refractivity contribution in [3.63, 3.8) is 0 Å². The Balaban J connectivity index is 1.87. The Morgan fingerprint density at radius 3 is 2.36 bits per heavy atom. The molecule has 2 aromatic heterocycles. The van der Waals surface area contributed by atoms with Crippen molar-refractivity contribution in [1.82, 2.24) is 25.4 Å². The minimum absolute atomic E-state index is 0.0667. The van der Waals surface area contributed by atoms with E-state index in [4.69, 9.17) is 4.42 Å². The third-order valence-electron chi connectivity index (χ3n) is 6.50. The van der Waals surface area contributed by atoms with Gasteiger partial charge in [0, 0.05) is 22.7 Å². The number of aromatic nitrogens is 3. The second-order valence-electron chi connectivity index (χ2n) is 11.1. The van der Waals surface area contributed by atoms with Gasteiger partial charge in [-0.2, -0.15) is 5.10 Å². The molecule has 1 atom stereocenters. The molecule has 10 nitrogen and oxygen atoms in total. The van der Waals surface area contributed by atoms with E-state index in [9.17, 15) is 19.5 Å². The molecule has 0 saturated carbocycles. The number of hydrogen-bond acceptors (Lipinski definition) is 6. The van der Waals surface area contributed by atoms with E-state index in [1.807, 2.05) is 72.7 Å². The van der Waals surface area contributed by atoms with Gasteiger partial charge in [0.05, 0.1) is 11.9 Å². The zero-order chi connectivity index (χ0) is 28.9. The number of nitrogens with one attached hydrogen (secondary N) is 2. The molecule has 0 aliphatic rings. The Morgan fingerprint density at radius 2 is 1.77 bits per heavy atom. The lowest BCUT2D eigenvalue weighted by Gasteiger charge is -2.40. The van der Waals surface area contributed by atoms with E-state index in [0.29, 0.717) is 23.6 Å². The molecule has 0 fully saturated rings. The summed E-state index contributed by atoms with van der Waals surface area (Å²) in [6, 6.07) is 7.97. The fourth-order valence-corrected chi connectivity index (χ4v) is 4.46. The van der Waals surface area contributed by atoms with Crippen LogP contribution in [0.3, 0.4) is 0 Å². The number of carboxylic acids is 1. The maximum absolute atomic E-state index is 13.6. The molecule has 0 spiro atoms. The molecular weight excluding hydrogens is 498 g/mol. The number of aliphatic carboxylic acids is 1. The largest absolute Gasteiger partial charge is 0.480 e. The van der Waals surface area contributed by atoms with Crippen LogP contribution in [0.2, 0.25) is 0 Å². The molecule has 0 aliphatic carbocycles. The number of aromatic amines is 1. The van der Waals surface area contributed by atoms with Crippen LogP contribution < -0.4 is 5.32 Å². The predicted octanol–water partition coefficient (Wildman–Crippen LogP) is 5.39. The average Bonchev–Trinajstić information content (AvgIpc) is 3.56. The van der Waals surface area contributed by atoms with Crippen LogP contribution in [0, 0.1) is 5.92 Å². The summed E-state index contributed by atoms with van der Waals surface area (Å²) < 4.78 is 5.74. The minimum atomic E-state index is -1.05. The summed E-state index contributed by atoms with van der Waals surface area (Å²) in [4.78, 5) is 43.9. The van der Waals surface area contributed by atoms with Crippen LogP contribution in [0.4, 0.5) is 0 Å². The molecule has 3 rings (SSSR count). The lowest BCUT2D eigenvalue weighted by Crippen LogP contribution is -2.55. The van der Waals surface area contributed by atoms with Crippen LogP contribution in [0.1, 0.15) is 88.8 Å². The van der Waals surface area contributed by atoms with Gasteiger partial charge in [-0.15, -0.1) is 0 Å². The van der Waals surface area contributed by atoms with Gasteiger partial charge in [-0.1, -0.05) is 39.8 Å². The number of carboxylic acid groups (broad SMARTS) is 1. The summed E-state index contributed by atoms with van der Waals surface area (Å²) in [5.41, 5.74) is 1.33. The minimum Gasteiger partial charge on any atom is -0.480 e. The molecule has 0 radical (unpaired) electrons. The lowest BCUT2D eigenvalue weighted by molar-refractivity contribution is -0.144. The van der Waals surface area contributed by atoms with Gasteiger partial charge in [0.25, 0.3) is 11.8 Å². The van der Waals surface area contributed by atoms with Crippen LogP contribution >= 0.6 is 0 Å². The predicted molar refractivity (Wildman–Crippen MR) is 148 cm³/mol. The molecule has 210 valence electrons. The molecular formula is C29H39N5O5. The summed E-state index contributed by atoms with van der Waals surface area (Å²) in [6.45, 7) is 13.3. The molecule has 3 N–H and O–H groups in total. The summed E-state index contributed by atoms with van der Waals surface area (Å²) in [6.07, 6.45) is 3.37.